The second kappa shape index (κ2) is 3.27. The summed E-state index contributed by atoms with van der Waals surface area (Å²) in [5.74, 6) is 0. The zero-order chi connectivity index (χ0) is 11.1. The van der Waals surface area contributed by atoms with Crippen molar-refractivity contribution >= 4 is 11.0 Å². The molecule has 0 aliphatic rings. The Hall–Kier alpha value is -1.49. The van der Waals surface area contributed by atoms with Gasteiger partial charge < -0.3 is 9.52 Å². The quantitative estimate of drug-likeness (QED) is 0.794. The molecule has 0 bridgehead atoms. The van der Waals surface area contributed by atoms with Crippen molar-refractivity contribution in [2.24, 2.45) is 0 Å². The molecule has 1 N–H and O–H groups in total. The minimum Gasteiger partial charge on any atom is -0.464 e. The van der Waals surface area contributed by atoms with E-state index in [0.29, 0.717) is 5.58 Å². The fourth-order valence-corrected chi connectivity index (χ4v) is 1.39. The summed E-state index contributed by atoms with van der Waals surface area (Å²) in [5.41, 5.74) is 0.0777. The van der Waals surface area contributed by atoms with Gasteiger partial charge in [-0.2, -0.15) is 13.2 Å². The van der Waals surface area contributed by atoms with E-state index < -0.39 is 12.3 Å². The zero-order valence-electron chi connectivity index (χ0n) is 7.45. The summed E-state index contributed by atoms with van der Waals surface area (Å²) in [4.78, 5) is 0. The Morgan fingerprint density at radius 2 is 1.87 bits per heavy atom. The van der Waals surface area contributed by atoms with Crippen LogP contribution < -0.4 is 0 Å². The molecule has 0 fully saturated rings. The number of furan rings is 1. The van der Waals surface area contributed by atoms with E-state index in [1.54, 1.807) is 18.2 Å². The van der Waals surface area contributed by atoms with E-state index in [4.69, 9.17) is 9.52 Å². The van der Waals surface area contributed by atoms with Crippen molar-refractivity contribution < 1.29 is 22.7 Å². The molecule has 1 aromatic heterocycles. The highest BCUT2D eigenvalue weighted by Crippen LogP contribution is 2.36. The molecule has 80 valence electrons. The van der Waals surface area contributed by atoms with Gasteiger partial charge >= 0.3 is 6.18 Å². The maximum absolute atomic E-state index is 12.2. The highest BCUT2D eigenvalue weighted by molar-refractivity contribution is 5.81. The van der Waals surface area contributed by atoms with E-state index in [1.807, 2.05) is 0 Å². The Balaban J connectivity index is 2.53. The molecular formula is C10H7F3O2. The number of rotatable bonds is 1. The Morgan fingerprint density at radius 1 is 1.20 bits per heavy atom. The SMILES string of the molecule is OC(c1coc2ccccc12)C(F)(F)F. The number of fused-ring (bicyclic) bond motifs is 1. The van der Waals surface area contributed by atoms with Crippen molar-refractivity contribution in [1.29, 1.82) is 0 Å². The van der Waals surface area contributed by atoms with Crippen LogP contribution in [0, 0.1) is 0 Å². The van der Waals surface area contributed by atoms with Gasteiger partial charge in [0.2, 0.25) is 0 Å². The van der Waals surface area contributed by atoms with Gasteiger partial charge in [0.1, 0.15) is 5.58 Å². The molecule has 0 amide bonds. The lowest BCUT2D eigenvalue weighted by Crippen LogP contribution is -2.19. The molecule has 15 heavy (non-hydrogen) atoms. The molecule has 2 rings (SSSR count). The molecule has 2 aromatic rings. The molecule has 0 radical (unpaired) electrons. The second-order valence-corrected chi connectivity index (χ2v) is 3.13. The maximum atomic E-state index is 12.2. The fourth-order valence-electron chi connectivity index (χ4n) is 1.39. The lowest BCUT2D eigenvalue weighted by atomic mass is 10.1. The first-order chi connectivity index (χ1) is 7.00. The minimum atomic E-state index is -4.67. The molecule has 1 aromatic carbocycles. The summed E-state index contributed by atoms with van der Waals surface area (Å²) >= 11 is 0. The van der Waals surface area contributed by atoms with E-state index in [0.717, 1.165) is 6.26 Å². The number of benzene rings is 1. The van der Waals surface area contributed by atoms with E-state index in [1.165, 1.54) is 6.07 Å². The normalized spacial score (nSPS) is 14.4. The van der Waals surface area contributed by atoms with Crippen LogP contribution in [0.4, 0.5) is 13.2 Å². The van der Waals surface area contributed by atoms with Crippen LogP contribution in [-0.4, -0.2) is 11.3 Å². The van der Waals surface area contributed by atoms with Crippen LogP contribution in [0.2, 0.25) is 0 Å². The zero-order valence-corrected chi connectivity index (χ0v) is 7.45. The van der Waals surface area contributed by atoms with Gasteiger partial charge in [0.05, 0.1) is 6.26 Å². The largest absolute Gasteiger partial charge is 0.464 e. The van der Waals surface area contributed by atoms with Gasteiger partial charge in [-0.25, -0.2) is 0 Å². The predicted octanol–water partition coefficient (Wildman–Crippen LogP) is 3.03. The van der Waals surface area contributed by atoms with E-state index in [-0.39, 0.29) is 10.9 Å². The van der Waals surface area contributed by atoms with Crippen LogP contribution >= 0.6 is 0 Å². The van der Waals surface area contributed by atoms with Crippen molar-refractivity contribution in [2.75, 3.05) is 0 Å². The molecule has 0 saturated heterocycles. The molecule has 2 nitrogen and oxygen atoms in total. The molecule has 0 aliphatic heterocycles. The van der Waals surface area contributed by atoms with Gasteiger partial charge in [0.25, 0.3) is 0 Å². The lowest BCUT2D eigenvalue weighted by Gasteiger charge is -2.12. The summed E-state index contributed by atoms with van der Waals surface area (Å²) in [6.45, 7) is 0. The van der Waals surface area contributed by atoms with Crippen molar-refractivity contribution in [3.05, 3.63) is 36.1 Å². The first kappa shape index (κ1) is 10.0. The number of alkyl halides is 3. The van der Waals surface area contributed by atoms with E-state index in [2.05, 4.69) is 0 Å². The van der Waals surface area contributed by atoms with Gasteiger partial charge in [-0.3, -0.25) is 0 Å². The van der Waals surface area contributed by atoms with Crippen molar-refractivity contribution in [1.82, 2.24) is 0 Å². The fraction of sp³-hybridized carbons (Fsp3) is 0.200. The molecular weight excluding hydrogens is 209 g/mol. The average molecular weight is 216 g/mol. The Morgan fingerprint density at radius 3 is 2.53 bits per heavy atom. The van der Waals surface area contributed by atoms with Gasteiger partial charge in [-0.1, -0.05) is 18.2 Å². The first-order valence-electron chi connectivity index (χ1n) is 4.21. The molecule has 0 aliphatic carbocycles. The second-order valence-electron chi connectivity index (χ2n) is 3.13. The van der Waals surface area contributed by atoms with Crippen LogP contribution in [0.1, 0.15) is 11.7 Å². The monoisotopic (exact) mass is 216 g/mol. The van der Waals surface area contributed by atoms with Crippen LogP contribution in [0.5, 0.6) is 0 Å². The molecule has 1 unspecified atom stereocenters. The molecule has 5 heteroatoms. The number of hydrogen-bond donors (Lipinski definition) is 1. The Bertz CT molecular complexity index is 473. The minimum absolute atomic E-state index is 0.252. The maximum Gasteiger partial charge on any atom is 0.418 e. The summed E-state index contributed by atoms with van der Waals surface area (Å²) in [6, 6.07) is 6.26. The number of hydrogen-bond acceptors (Lipinski definition) is 2. The summed E-state index contributed by atoms with van der Waals surface area (Å²) in [5, 5.41) is 9.34. The summed E-state index contributed by atoms with van der Waals surface area (Å²) in [7, 11) is 0. The van der Waals surface area contributed by atoms with Crippen molar-refractivity contribution in [2.45, 2.75) is 12.3 Å². The van der Waals surface area contributed by atoms with Gasteiger partial charge in [0, 0.05) is 10.9 Å². The Labute approximate surface area is 82.9 Å². The van der Waals surface area contributed by atoms with Crippen molar-refractivity contribution in [3.63, 3.8) is 0 Å². The standard InChI is InChI=1S/C10H7F3O2/c11-10(12,13)9(14)7-5-15-8-4-2-1-3-6(7)8/h1-5,9,14H. The highest BCUT2D eigenvalue weighted by Gasteiger charge is 2.40. The van der Waals surface area contributed by atoms with Crippen molar-refractivity contribution in [3.8, 4) is 0 Å². The molecule has 0 spiro atoms. The summed E-state index contributed by atoms with van der Waals surface area (Å²) in [6.07, 6.45) is -6.24. The third-order valence-electron chi connectivity index (χ3n) is 2.12. The number of aliphatic hydroxyl groups excluding tert-OH is 1. The van der Waals surface area contributed by atoms with Crippen LogP contribution in [0.3, 0.4) is 0 Å². The third kappa shape index (κ3) is 1.70. The van der Waals surface area contributed by atoms with Crippen LogP contribution in [0.15, 0.2) is 34.9 Å². The van der Waals surface area contributed by atoms with Gasteiger partial charge in [0.15, 0.2) is 6.10 Å². The van der Waals surface area contributed by atoms with E-state index in [9.17, 15) is 13.2 Å². The van der Waals surface area contributed by atoms with Gasteiger partial charge in [-0.15, -0.1) is 0 Å². The molecule has 0 saturated carbocycles. The topological polar surface area (TPSA) is 33.4 Å². The number of para-hydroxylation sites is 1. The lowest BCUT2D eigenvalue weighted by molar-refractivity contribution is -0.206. The number of aliphatic hydroxyl groups is 1. The molecule has 1 atom stereocenters. The summed E-state index contributed by atoms with van der Waals surface area (Å²) < 4.78 is 41.7. The molecule has 1 heterocycles. The predicted molar refractivity (Wildman–Crippen MR) is 47.2 cm³/mol. The Kier molecular flexibility index (Phi) is 2.19. The highest BCUT2D eigenvalue weighted by atomic mass is 19.4. The van der Waals surface area contributed by atoms with Crippen LogP contribution in [-0.2, 0) is 0 Å². The number of halogens is 3. The first-order valence-corrected chi connectivity index (χ1v) is 4.21. The van der Waals surface area contributed by atoms with Crippen LogP contribution in [0.25, 0.3) is 11.0 Å². The van der Waals surface area contributed by atoms with Gasteiger partial charge in [-0.05, 0) is 6.07 Å². The average Bonchev–Trinajstić information content (AvgIpc) is 2.58. The third-order valence-corrected chi connectivity index (χ3v) is 2.12. The van der Waals surface area contributed by atoms with E-state index >= 15 is 0 Å². The smallest absolute Gasteiger partial charge is 0.418 e.